The van der Waals surface area contributed by atoms with Crippen LogP contribution >= 0.6 is 0 Å². The van der Waals surface area contributed by atoms with Gasteiger partial charge in [0.15, 0.2) is 0 Å². The lowest BCUT2D eigenvalue weighted by Crippen LogP contribution is -2.42. The Labute approximate surface area is 84.6 Å². The third-order valence-corrected chi connectivity index (χ3v) is 1.81. The van der Waals surface area contributed by atoms with Crippen molar-refractivity contribution in [2.24, 2.45) is 0 Å². The molecule has 14 heavy (non-hydrogen) atoms. The highest BCUT2D eigenvalue weighted by Crippen LogP contribution is 2.20. The minimum atomic E-state index is -1.17. The fourth-order valence-electron chi connectivity index (χ4n) is 0.768. The third kappa shape index (κ3) is 3.77. The molecule has 0 saturated heterocycles. The molecule has 1 unspecified atom stereocenters. The normalized spacial score (nSPS) is 15.5. The molecule has 0 fully saturated rings. The molecular formula is C10H18O4. The van der Waals surface area contributed by atoms with Gasteiger partial charge in [-0.25, -0.2) is 4.79 Å². The number of rotatable bonds is 4. The summed E-state index contributed by atoms with van der Waals surface area (Å²) in [5.41, 5.74) is -1.74. The number of carbonyl (C=O) groups is 2. The van der Waals surface area contributed by atoms with Gasteiger partial charge in [-0.3, -0.25) is 4.79 Å². The van der Waals surface area contributed by atoms with Crippen LogP contribution in [0.25, 0.3) is 0 Å². The Balaban J connectivity index is 4.54. The Bertz CT molecular complexity index is 217. The van der Waals surface area contributed by atoms with E-state index in [-0.39, 0.29) is 6.47 Å². The first-order valence-corrected chi connectivity index (χ1v) is 4.60. The predicted molar refractivity (Wildman–Crippen MR) is 51.7 cm³/mol. The van der Waals surface area contributed by atoms with Crippen molar-refractivity contribution in [2.45, 2.75) is 52.2 Å². The van der Waals surface area contributed by atoms with Crippen molar-refractivity contribution in [3.63, 3.8) is 0 Å². The van der Waals surface area contributed by atoms with E-state index in [0.29, 0.717) is 6.42 Å². The lowest BCUT2D eigenvalue weighted by atomic mass is 10.0. The van der Waals surface area contributed by atoms with Crippen LogP contribution in [0.15, 0.2) is 0 Å². The second-order valence-corrected chi connectivity index (χ2v) is 4.30. The van der Waals surface area contributed by atoms with E-state index in [1.54, 1.807) is 27.7 Å². The van der Waals surface area contributed by atoms with Gasteiger partial charge in [0.2, 0.25) is 5.60 Å². The summed E-state index contributed by atoms with van der Waals surface area (Å²) in [6, 6.07) is 0. The van der Waals surface area contributed by atoms with Gasteiger partial charge in [0.25, 0.3) is 6.47 Å². The van der Waals surface area contributed by atoms with E-state index in [0.717, 1.165) is 0 Å². The number of ether oxygens (including phenoxy) is 2. The van der Waals surface area contributed by atoms with Crippen molar-refractivity contribution >= 4 is 12.4 Å². The van der Waals surface area contributed by atoms with Gasteiger partial charge >= 0.3 is 5.97 Å². The first-order chi connectivity index (χ1) is 6.25. The Morgan fingerprint density at radius 2 is 1.79 bits per heavy atom. The summed E-state index contributed by atoms with van der Waals surface area (Å²) < 4.78 is 9.85. The molecule has 0 aromatic heterocycles. The lowest BCUT2D eigenvalue weighted by Gasteiger charge is -2.28. The van der Waals surface area contributed by atoms with Gasteiger partial charge in [-0.2, -0.15) is 0 Å². The molecule has 4 nitrogen and oxygen atoms in total. The van der Waals surface area contributed by atoms with E-state index in [2.05, 4.69) is 0 Å². The van der Waals surface area contributed by atoms with Crippen molar-refractivity contribution in [3.8, 4) is 0 Å². The zero-order chi connectivity index (χ0) is 11.4. The first kappa shape index (κ1) is 12.9. The number of hydrogen-bond donors (Lipinski definition) is 0. The smallest absolute Gasteiger partial charge is 0.350 e. The molecule has 0 saturated carbocycles. The molecule has 1 atom stereocenters. The number of hydrogen-bond acceptors (Lipinski definition) is 4. The van der Waals surface area contributed by atoms with Crippen molar-refractivity contribution < 1.29 is 19.1 Å². The predicted octanol–water partition coefficient (Wildman–Crippen LogP) is 1.67. The zero-order valence-corrected chi connectivity index (χ0v) is 9.42. The summed E-state index contributed by atoms with van der Waals surface area (Å²) in [7, 11) is 0. The molecule has 0 bridgehead atoms. The fraction of sp³-hybridized carbons (Fsp3) is 0.800. The largest absolute Gasteiger partial charge is 0.457 e. The fourth-order valence-corrected chi connectivity index (χ4v) is 0.768. The third-order valence-electron chi connectivity index (χ3n) is 1.81. The quantitative estimate of drug-likeness (QED) is 0.514. The van der Waals surface area contributed by atoms with Crippen molar-refractivity contribution in [3.05, 3.63) is 0 Å². The molecule has 0 aliphatic heterocycles. The summed E-state index contributed by atoms with van der Waals surface area (Å²) in [5, 5.41) is 0. The van der Waals surface area contributed by atoms with Crippen molar-refractivity contribution in [1.29, 1.82) is 0 Å². The number of carbonyl (C=O) groups excluding carboxylic acids is 2. The van der Waals surface area contributed by atoms with Gasteiger partial charge in [-0.1, -0.05) is 6.92 Å². The van der Waals surface area contributed by atoms with Gasteiger partial charge in [0.05, 0.1) is 0 Å². The molecule has 0 aliphatic carbocycles. The van der Waals surface area contributed by atoms with Gasteiger partial charge in [0.1, 0.15) is 5.60 Å². The summed E-state index contributed by atoms with van der Waals surface area (Å²) in [6.07, 6.45) is 0.390. The van der Waals surface area contributed by atoms with Crippen LogP contribution in [-0.4, -0.2) is 23.6 Å². The van der Waals surface area contributed by atoms with E-state index in [9.17, 15) is 9.59 Å². The Morgan fingerprint density at radius 3 is 2.07 bits per heavy atom. The van der Waals surface area contributed by atoms with Crippen LogP contribution in [0.5, 0.6) is 0 Å². The zero-order valence-electron chi connectivity index (χ0n) is 9.42. The Hall–Kier alpha value is -1.06. The maximum absolute atomic E-state index is 11.6. The molecule has 4 heteroatoms. The van der Waals surface area contributed by atoms with Crippen molar-refractivity contribution in [2.75, 3.05) is 0 Å². The van der Waals surface area contributed by atoms with E-state index >= 15 is 0 Å². The minimum Gasteiger partial charge on any atom is -0.457 e. The maximum atomic E-state index is 11.6. The number of esters is 1. The van der Waals surface area contributed by atoms with Crippen LogP contribution < -0.4 is 0 Å². The highest BCUT2D eigenvalue weighted by atomic mass is 16.6. The summed E-state index contributed by atoms with van der Waals surface area (Å²) in [5.74, 6) is -0.514. The first-order valence-electron chi connectivity index (χ1n) is 4.60. The molecular weight excluding hydrogens is 184 g/mol. The monoisotopic (exact) mass is 202 g/mol. The maximum Gasteiger partial charge on any atom is 0.350 e. The van der Waals surface area contributed by atoms with Crippen molar-refractivity contribution in [1.82, 2.24) is 0 Å². The van der Waals surface area contributed by atoms with Crippen LogP contribution in [0.1, 0.15) is 41.0 Å². The molecule has 0 aromatic rings. The van der Waals surface area contributed by atoms with Crippen LogP contribution in [0, 0.1) is 0 Å². The van der Waals surface area contributed by atoms with Gasteiger partial charge in [-0.15, -0.1) is 0 Å². The van der Waals surface area contributed by atoms with Gasteiger partial charge in [-0.05, 0) is 34.1 Å². The van der Waals surface area contributed by atoms with Crippen LogP contribution in [-0.2, 0) is 19.1 Å². The summed E-state index contributed by atoms with van der Waals surface area (Å²) in [6.45, 7) is 8.86. The summed E-state index contributed by atoms with van der Waals surface area (Å²) >= 11 is 0. The molecule has 0 heterocycles. The van der Waals surface area contributed by atoms with E-state index < -0.39 is 17.2 Å². The summed E-state index contributed by atoms with van der Waals surface area (Å²) in [4.78, 5) is 21.8. The standard InChI is InChI=1S/C10H18O4/c1-6-10(5,13-7-11)8(12)14-9(2,3)4/h7H,6H2,1-5H3. The second kappa shape index (κ2) is 4.44. The van der Waals surface area contributed by atoms with Gasteiger partial charge in [0, 0.05) is 0 Å². The average molecular weight is 202 g/mol. The van der Waals surface area contributed by atoms with E-state index in [4.69, 9.17) is 9.47 Å². The molecule has 0 aromatic carbocycles. The molecule has 0 amide bonds. The Morgan fingerprint density at radius 1 is 1.29 bits per heavy atom. The van der Waals surface area contributed by atoms with Crippen LogP contribution in [0.4, 0.5) is 0 Å². The van der Waals surface area contributed by atoms with E-state index in [1.807, 2.05) is 0 Å². The topological polar surface area (TPSA) is 52.6 Å². The van der Waals surface area contributed by atoms with Gasteiger partial charge < -0.3 is 9.47 Å². The van der Waals surface area contributed by atoms with Crippen LogP contribution in [0.3, 0.4) is 0 Å². The highest BCUT2D eigenvalue weighted by molar-refractivity contribution is 5.80. The lowest BCUT2D eigenvalue weighted by molar-refractivity contribution is -0.183. The average Bonchev–Trinajstić information content (AvgIpc) is 2.01. The molecule has 0 rings (SSSR count). The molecule has 0 radical (unpaired) electrons. The van der Waals surface area contributed by atoms with Crippen LogP contribution in [0.2, 0.25) is 0 Å². The second-order valence-electron chi connectivity index (χ2n) is 4.30. The molecule has 0 spiro atoms. The molecule has 82 valence electrons. The minimum absolute atomic E-state index is 0.271. The highest BCUT2D eigenvalue weighted by Gasteiger charge is 2.37. The molecule has 0 N–H and O–H groups in total. The SMILES string of the molecule is CCC(C)(OC=O)C(=O)OC(C)(C)C. The Kier molecular flexibility index (Phi) is 4.10. The van der Waals surface area contributed by atoms with E-state index in [1.165, 1.54) is 6.92 Å². The molecule has 0 aliphatic rings.